The van der Waals surface area contributed by atoms with Crippen molar-refractivity contribution >= 4 is 17.5 Å². The zero-order valence-corrected chi connectivity index (χ0v) is 10.4. The molecule has 0 bridgehead atoms. The smallest absolute Gasteiger partial charge is 0.872 e. The Morgan fingerprint density at radius 3 is 2.47 bits per heavy atom. The fraction of sp³-hybridized carbons (Fsp3) is 0.167. The zero-order valence-electron chi connectivity index (χ0n) is 10.4. The Hall–Kier alpha value is -1.64. The standard InChI is InChI=1S/C12H10F2O4.Li/c1-2-18-12(17)11(16)6-10(15)7-3-4-8(13)9(14)5-7;/h3-6,15H,2H2,1H3;/q;+1/p-1. The molecule has 0 N–H and O–H groups in total. The second-order valence-corrected chi connectivity index (χ2v) is 3.22. The quantitative estimate of drug-likeness (QED) is 0.203. The van der Waals surface area contributed by atoms with Crippen molar-refractivity contribution in [3.8, 4) is 0 Å². The maximum atomic E-state index is 12.8. The van der Waals surface area contributed by atoms with Crippen LogP contribution in [-0.4, -0.2) is 18.4 Å². The van der Waals surface area contributed by atoms with Crippen LogP contribution in [0, 0.1) is 11.6 Å². The van der Waals surface area contributed by atoms with Crippen LogP contribution in [0.2, 0.25) is 0 Å². The summed E-state index contributed by atoms with van der Waals surface area (Å²) in [7, 11) is 0. The number of benzene rings is 1. The third-order valence-corrected chi connectivity index (χ3v) is 1.94. The van der Waals surface area contributed by atoms with Crippen molar-refractivity contribution in [2.45, 2.75) is 6.92 Å². The number of ketones is 1. The predicted octanol–water partition coefficient (Wildman–Crippen LogP) is -2.20. The topological polar surface area (TPSA) is 66.4 Å². The fourth-order valence-electron chi connectivity index (χ4n) is 1.11. The summed E-state index contributed by atoms with van der Waals surface area (Å²) < 4.78 is 29.8. The van der Waals surface area contributed by atoms with Crippen LogP contribution in [0.3, 0.4) is 0 Å². The molecule has 7 heteroatoms. The normalized spacial score (nSPS) is 10.6. The van der Waals surface area contributed by atoms with E-state index in [0.29, 0.717) is 12.1 Å². The number of esters is 1. The molecule has 96 valence electrons. The molecule has 0 aliphatic carbocycles. The van der Waals surface area contributed by atoms with E-state index >= 15 is 0 Å². The van der Waals surface area contributed by atoms with Gasteiger partial charge in [0.25, 0.3) is 5.78 Å². The van der Waals surface area contributed by atoms with Gasteiger partial charge in [-0.3, -0.25) is 4.79 Å². The van der Waals surface area contributed by atoms with E-state index in [0.717, 1.165) is 12.1 Å². The second kappa shape index (κ2) is 7.72. The van der Waals surface area contributed by atoms with Crippen molar-refractivity contribution in [1.29, 1.82) is 0 Å². The Labute approximate surface area is 120 Å². The third kappa shape index (κ3) is 4.85. The monoisotopic (exact) mass is 262 g/mol. The van der Waals surface area contributed by atoms with E-state index in [2.05, 4.69) is 4.74 Å². The maximum Gasteiger partial charge on any atom is 1.00 e. The summed E-state index contributed by atoms with van der Waals surface area (Å²) in [4.78, 5) is 22.1. The average Bonchev–Trinajstić information content (AvgIpc) is 2.32. The van der Waals surface area contributed by atoms with Gasteiger partial charge in [0.05, 0.1) is 6.61 Å². The van der Waals surface area contributed by atoms with Crippen LogP contribution >= 0.6 is 0 Å². The maximum absolute atomic E-state index is 12.8. The summed E-state index contributed by atoms with van der Waals surface area (Å²) in [6.45, 7) is 1.50. The Morgan fingerprint density at radius 2 is 1.95 bits per heavy atom. The van der Waals surface area contributed by atoms with Crippen molar-refractivity contribution < 1.29 is 47.1 Å². The van der Waals surface area contributed by atoms with Crippen LogP contribution in [0.1, 0.15) is 12.5 Å². The Bertz CT molecular complexity index is 514. The van der Waals surface area contributed by atoms with Crippen LogP contribution in [0.4, 0.5) is 8.78 Å². The molecule has 19 heavy (non-hydrogen) atoms. The van der Waals surface area contributed by atoms with E-state index in [1.807, 2.05) is 0 Å². The average molecular weight is 262 g/mol. The molecule has 0 aromatic heterocycles. The molecule has 0 fully saturated rings. The molecule has 0 spiro atoms. The van der Waals surface area contributed by atoms with Crippen molar-refractivity contribution in [2.24, 2.45) is 0 Å². The molecule has 1 rings (SSSR count). The van der Waals surface area contributed by atoms with Crippen LogP contribution in [0.5, 0.6) is 0 Å². The molecule has 0 unspecified atom stereocenters. The number of carbonyl (C=O) groups excluding carboxylic acids is 2. The predicted molar refractivity (Wildman–Crippen MR) is 56.0 cm³/mol. The Morgan fingerprint density at radius 1 is 1.32 bits per heavy atom. The van der Waals surface area contributed by atoms with Gasteiger partial charge in [-0.25, -0.2) is 13.6 Å². The van der Waals surface area contributed by atoms with Gasteiger partial charge >= 0.3 is 24.8 Å². The zero-order chi connectivity index (χ0) is 13.7. The van der Waals surface area contributed by atoms with Gasteiger partial charge < -0.3 is 9.84 Å². The minimum atomic E-state index is -1.21. The first kappa shape index (κ1) is 17.4. The summed E-state index contributed by atoms with van der Waals surface area (Å²) in [5.74, 6) is -5.53. The molecule has 0 heterocycles. The molecule has 0 atom stereocenters. The van der Waals surface area contributed by atoms with Gasteiger partial charge in [0, 0.05) is 0 Å². The molecule has 0 amide bonds. The van der Waals surface area contributed by atoms with E-state index in [4.69, 9.17) is 0 Å². The number of ether oxygens (including phenoxy) is 1. The van der Waals surface area contributed by atoms with Crippen LogP contribution < -0.4 is 24.0 Å². The molecular weight excluding hydrogens is 253 g/mol. The molecular formula is C12H9F2LiO4. The molecule has 0 aliphatic heterocycles. The van der Waals surface area contributed by atoms with E-state index in [-0.39, 0.29) is 31.0 Å². The molecule has 0 saturated heterocycles. The molecule has 0 radical (unpaired) electrons. The SMILES string of the molecule is CCOC(=O)C(=O)C=C([O-])c1ccc(F)c(F)c1.[Li+]. The van der Waals surface area contributed by atoms with Crippen LogP contribution in [0.15, 0.2) is 24.3 Å². The van der Waals surface area contributed by atoms with Gasteiger partial charge in [0.1, 0.15) is 0 Å². The Balaban J connectivity index is 0.00000324. The van der Waals surface area contributed by atoms with E-state index in [1.54, 1.807) is 0 Å². The molecule has 0 saturated carbocycles. The van der Waals surface area contributed by atoms with Gasteiger partial charge in [-0.1, -0.05) is 11.8 Å². The largest absolute Gasteiger partial charge is 1.00 e. The van der Waals surface area contributed by atoms with E-state index < -0.39 is 29.1 Å². The fourth-order valence-corrected chi connectivity index (χ4v) is 1.11. The summed E-state index contributed by atoms with van der Waals surface area (Å²) in [6, 6.07) is 2.41. The van der Waals surface area contributed by atoms with Crippen LogP contribution in [-0.2, 0) is 14.3 Å². The number of carbonyl (C=O) groups is 2. The molecule has 0 aliphatic rings. The second-order valence-electron chi connectivity index (χ2n) is 3.22. The van der Waals surface area contributed by atoms with Gasteiger partial charge in [0.2, 0.25) is 0 Å². The molecule has 1 aromatic carbocycles. The van der Waals surface area contributed by atoms with Crippen molar-refractivity contribution in [2.75, 3.05) is 6.61 Å². The van der Waals surface area contributed by atoms with Gasteiger partial charge in [-0.15, -0.1) is 0 Å². The Kier molecular flexibility index (Phi) is 7.05. The minimum Gasteiger partial charge on any atom is -0.872 e. The molecule has 1 aromatic rings. The first-order valence-corrected chi connectivity index (χ1v) is 5.01. The van der Waals surface area contributed by atoms with E-state index in [9.17, 15) is 23.5 Å². The van der Waals surface area contributed by atoms with Gasteiger partial charge in [-0.2, -0.15) is 0 Å². The number of halogens is 2. The number of rotatable bonds is 4. The molecule has 4 nitrogen and oxygen atoms in total. The van der Waals surface area contributed by atoms with E-state index in [1.165, 1.54) is 6.92 Å². The number of hydrogen-bond donors (Lipinski definition) is 0. The summed E-state index contributed by atoms with van der Waals surface area (Å²) in [5, 5.41) is 11.5. The third-order valence-electron chi connectivity index (χ3n) is 1.94. The number of hydrogen-bond acceptors (Lipinski definition) is 4. The minimum absolute atomic E-state index is 0. The summed E-state index contributed by atoms with van der Waals surface area (Å²) >= 11 is 0. The van der Waals surface area contributed by atoms with Crippen molar-refractivity contribution in [1.82, 2.24) is 0 Å². The van der Waals surface area contributed by atoms with Crippen LogP contribution in [0.25, 0.3) is 5.76 Å². The first-order valence-electron chi connectivity index (χ1n) is 5.01. The van der Waals surface area contributed by atoms with Gasteiger partial charge in [0.15, 0.2) is 11.6 Å². The van der Waals surface area contributed by atoms with Crippen molar-refractivity contribution in [3.05, 3.63) is 41.5 Å². The summed E-state index contributed by atoms with van der Waals surface area (Å²) in [5.41, 5.74) is -0.230. The van der Waals surface area contributed by atoms with Gasteiger partial charge in [-0.05, 0) is 30.7 Å². The summed E-state index contributed by atoms with van der Waals surface area (Å²) in [6.07, 6.45) is 0.477. The van der Waals surface area contributed by atoms with Crippen molar-refractivity contribution in [3.63, 3.8) is 0 Å². The first-order chi connectivity index (χ1) is 8.45.